The Bertz CT molecular complexity index is 1230. The molecule has 0 aliphatic rings. The van der Waals surface area contributed by atoms with E-state index in [1.165, 1.54) is 40.2 Å². The average Bonchev–Trinajstić information content (AvgIpc) is 2.97. The Labute approximate surface area is 268 Å². The third-order valence-electron chi connectivity index (χ3n) is 4.70. The lowest BCUT2D eigenvalue weighted by molar-refractivity contribution is -0.197. The van der Waals surface area contributed by atoms with Crippen molar-refractivity contribution >= 4 is 27.2 Å². The van der Waals surface area contributed by atoms with Gasteiger partial charge >= 0.3 is 6.11 Å². The van der Waals surface area contributed by atoms with Crippen LogP contribution in [-0.2, 0) is 9.47 Å². The lowest BCUT2D eigenvalue weighted by atomic mass is 10.0. The van der Waals surface area contributed by atoms with Crippen LogP contribution >= 0.6 is 20.8 Å². The summed E-state index contributed by atoms with van der Waals surface area (Å²) in [5.74, 6) is -6.65. The molecule has 0 saturated heterocycles. The molecular formula is C31H39ClF6N3O3P. The molecule has 0 aliphatic heterocycles. The Balaban J connectivity index is 0. The van der Waals surface area contributed by atoms with Gasteiger partial charge in [0, 0.05) is 39.4 Å². The number of nitrogens with zero attached hydrogens (tertiary/aromatic N) is 2. The van der Waals surface area contributed by atoms with Crippen LogP contribution in [0.4, 0.5) is 26.3 Å². The van der Waals surface area contributed by atoms with Crippen molar-refractivity contribution in [1.29, 1.82) is 0 Å². The SMILES string of the molecule is C#C.COC.COC=NCCC(C)(F)F.Cc1ccccc1.N[C@@H](c1cc(F)cc(OC(F)(F)C(F)P)c1)c1ccc(Cl)cn1. The van der Waals surface area contributed by atoms with Crippen molar-refractivity contribution in [1.82, 2.24) is 4.98 Å². The van der Waals surface area contributed by atoms with Crippen molar-refractivity contribution in [2.24, 2.45) is 10.7 Å². The maximum absolute atomic E-state index is 13.6. The van der Waals surface area contributed by atoms with E-state index in [4.69, 9.17) is 17.3 Å². The fourth-order valence-electron chi connectivity index (χ4n) is 2.70. The number of alkyl halides is 5. The molecule has 0 fully saturated rings. The Morgan fingerprint density at radius 2 is 1.62 bits per heavy atom. The molecule has 0 bridgehead atoms. The molecule has 0 amide bonds. The molecule has 250 valence electrons. The summed E-state index contributed by atoms with van der Waals surface area (Å²) < 4.78 is 89.9. The molecule has 14 heteroatoms. The lowest BCUT2D eigenvalue weighted by Gasteiger charge is -2.20. The number of methoxy groups -OCH3 is 2. The monoisotopic (exact) mass is 681 g/mol. The highest BCUT2D eigenvalue weighted by molar-refractivity contribution is 7.17. The molecule has 2 unspecified atom stereocenters. The molecule has 0 saturated carbocycles. The molecule has 6 nitrogen and oxygen atoms in total. The lowest BCUT2D eigenvalue weighted by Crippen LogP contribution is -2.32. The highest BCUT2D eigenvalue weighted by Gasteiger charge is 2.40. The zero-order valence-electron chi connectivity index (χ0n) is 25.6. The third-order valence-corrected chi connectivity index (χ3v) is 5.31. The second kappa shape index (κ2) is 23.9. The predicted molar refractivity (Wildman–Crippen MR) is 171 cm³/mol. The van der Waals surface area contributed by atoms with Crippen LogP contribution < -0.4 is 10.5 Å². The number of rotatable bonds is 9. The van der Waals surface area contributed by atoms with Gasteiger partial charge in [-0.05, 0) is 43.7 Å². The van der Waals surface area contributed by atoms with E-state index >= 15 is 0 Å². The summed E-state index contributed by atoms with van der Waals surface area (Å²) >= 11 is 5.71. The van der Waals surface area contributed by atoms with E-state index in [-0.39, 0.29) is 18.5 Å². The summed E-state index contributed by atoms with van der Waals surface area (Å²) in [6, 6.07) is 15.3. The van der Waals surface area contributed by atoms with E-state index in [1.54, 1.807) is 14.2 Å². The first-order chi connectivity index (χ1) is 21.1. The highest BCUT2D eigenvalue weighted by atomic mass is 35.5. The largest absolute Gasteiger partial charge is 0.487 e. The summed E-state index contributed by atoms with van der Waals surface area (Å²) in [4.78, 5) is 7.53. The van der Waals surface area contributed by atoms with Gasteiger partial charge in [-0.1, -0.05) is 56.7 Å². The first-order valence-corrected chi connectivity index (χ1v) is 13.9. The number of benzene rings is 2. The van der Waals surface area contributed by atoms with Crippen LogP contribution in [0.5, 0.6) is 5.75 Å². The van der Waals surface area contributed by atoms with Gasteiger partial charge in [-0.15, -0.1) is 12.8 Å². The maximum atomic E-state index is 13.6. The average molecular weight is 682 g/mol. The smallest absolute Gasteiger partial charge is 0.433 e. The van der Waals surface area contributed by atoms with Gasteiger partial charge in [0.1, 0.15) is 11.6 Å². The Morgan fingerprint density at radius 3 is 2.04 bits per heavy atom. The number of aromatic nitrogens is 1. The molecule has 3 atom stereocenters. The fourth-order valence-corrected chi connectivity index (χ4v) is 2.88. The first kappa shape index (κ1) is 43.8. The molecule has 45 heavy (non-hydrogen) atoms. The molecule has 0 radical (unpaired) electrons. The van der Waals surface area contributed by atoms with Crippen LogP contribution in [0.2, 0.25) is 5.02 Å². The third kappa shape index (κ3) is 21.9. The minimum atomic E-state index is -4.11. The number of aliphatic imine (C=N–C) groups is 1. The van der Waals surface area contributed by atoms with Gasteiger partial charge < -0.3 is 19.9 Å². The summed E-state index contributed by atoms with van der Waals surface area (Å²) in [6.45, 7) is 3.06. The van der Waals surface area contributed by atoms with Crippen LogP contribution in [0, 0.1) is 25.6 Å². The number of ether oxygens (including phenoxy) is 3. The topological polar surface area (TPSA) is 79.0 Å². The van der Waals surface area contributed by atoms with E-state index in [2.05, 4.69) is 56.1 Å². The van der Waals surface area contributed by atoms with Crippen molar-refractivity contribution in [3.05, 3.63) is 94.5 Å². The molecule has 2 N–H and O–H groups in total. The van der Waals surface area contributed by atoms with Crippen LogP contribution in [-0.4, -0.2) is 57.2 Å². The minimum absolute atomic E-state index is 0.108. The number of aryl methyl sites for hydroxylation is 1. The zero-order valence-corrected chi connectivity index (χ0v) is 27.5. The van der Waals surface area contributed by atoms with Gasteiger partial charge in [-0.2, -0.15) is 8.78 Å². The quantitative estimate of drug-likeness (QED) is 0.0809. The summed E-state index contributed by atoms with van der Waals surface area (Å²) in [5.41, 5.74) is 7.75. The molecule has 1 aromatic heterocycles. The number of nitrogens with two attached hydrogens (primary N) is 1. The van der Waals surface area contributed by atoms with E-state index < -0.39 is 35.6 Å². The predicted octanol–water partition coefficient (Wildman–Crippen LogP) is 8.28. The first-order valence-electron chi connectivity index (χ1n) is 12.8. The van der Waals surface area contributed by atoms with Gasteiger partial charge in [-0.25, -0.2) is 17.6 Å². The summed E-state index contributed by atoms with van der Waals surface area (Å²) in [6.07, 6.45) is 6.17. The molecule has 2 aromatic carbocycles. The van der Waals surface area contributed by atoms with Crippen LogP contribution in [0.15, 0.2) is 71.9 Å². The molecular weight excluding hydrogens is 643 g/mol. The molecule has 3 rings (SSSR count). The van der Waals surface area contributed by atoms with E-state index in [9.17, 15) is 26.3 Å². The van der Waals surface area contributed by atoms with Crippen LogP contribution in [0.3, 0.4) is 0 Å². The van der Waals surface area contributed by atoms with E-state index in [0.29, 0.717) is 16.8 Å². The van der Waals surface area contributed by atoms with Gasteiger partial charge in [0.05, 0.1) is 23.9 Å². The highest BCUT2D eigenvalue weighted by Crippen LogP contribution is 2.32. The second-order valence-corrected chi connectivity index (χ2v) is 9.82. The normalized spacial score (nSPS) is 11.9. The maximum Gasteiger partial charge on any atom is 0.433 e. The molecule has 0 aliphatic carbocycles. The second-order valence-electron chi connectivity index (χ2n) is 8.80. The van der Waals surface area contributed by atoms with Gasteiger partial charge in [0.2, 0.25) is 11.8 Å². The van der Waals surface area contributed by atoms with Crippen molar-refractivity contribution in [2.75, 3.05) is 27.9 Å². The molecule has 0 spiro atoms. The van der Waals surface area contributed by atoms with E-state index in [1.807, 2.05) is 18.2 Å². The Kier molecular flexibility index (Phi) is 23.3. The van der Waals surface area contributed by atoms with Gasteiger partial charge in [0.25, 0.3) is 0 Å². The molecule has 1 heterocycles. The Hall–Kier alpha value is -3.36. The standard InChI is InChI=1S/C14H12ClF4N2OP.C7H8.C6H11F2NO.C2H6O.C2H2/c15-8-1-2-11(21-6-8)12(20)7-3-9(16)5-10(4-7)22-14(18,19)13(17)23;1-7-5-3-2-4-6-7;1-6(7,8)3-4-9-5-10-2;1-3-2;1-2/h1-6,12-13H,20,23H2;2-6H,1H3;5H,3-4H2,1-2H3;1-2H3;1-2H/t12-,13?;;;;/m0..../s1. The number of pyridine rings is 1. The van der Waals surface area contributed by atoms with Gasteiger partial charge in [-0.3, -0.25) is 9.98 Å². The zero-order chi connectivity index (χ0) is 35.1. The van der Waals surface area contributed by atoms with Crippen molar-refractivity contribution < 1.29 is 40.6 Å². The molecule has 3 aromatic rings. The minimum Gasteiger partial charge on any atom is -0.487 e. The Morgan fingerprint density at radius 1 is 1.04 bits per heavy atom. The van der Waals surface area contributed by atoms with Crippen molar-refractivity contribution in [2.45, 2.75) is 44.3 Å². The number of halogens is 7. The fraction of sp³-hybridized carbons (Fsp3) is 0.355. The summed E-state index contributed by atoms with van der Waals surface area (Å²) in [7, 11) is 5.96. The number of terminal acetylenes is 1. The van der Waals surface area contributed by atoms with Crippen LogP contribution in [0.25, 0.3) is 0 Å². The van der Waals surface area contributed by atoms with Crippen molar-refractivity contribution in [3.8, 4) is 18.6 Å². The van der Waals surface area contributed by atoms with Gasteiger partial charge in [0.15, 0.2) is 6.40 Å². The van der Waals surface area contributed by atoms with E-state index in [0.717, 1.165) is 25.5 Å². The summed E-state index contributed by atoms with van der Waals surface area (Å²) in [5, 5.41) is 0.387. The van der Waals surface area contributed by atoms with Crippen molar-refractivity contribution in [3.63, 3.8) is 0 Å². The number of hydrogen-bond donors (Lipinski definition) is 1. The number of hydrogen-bond acceptors (Lipinski definition) is 6. The van der Waals surface area contributed by atoms with Crippen LogP contribution in [0.1, 0.15) is 36.2 Å².